The molecule has 0 saturated heterocycles. The fourth-order valence-corrected chi connectivity index (χ4v) is 0.272. The van der Waals surface area contributed by atoms with E-state index in [1.165, 1.54) is 0 Å². The average molecular weight is 136 g/mol. The lowest BCUT2D eigenvalue weighted by molar-refractivity contribution is -0.156. The van der Waals surface area contributed by atoms with Crippen LogP contribution in [0.1, 0.15) is 6.92 Å². The number of aliphatic hydroxyl groups excluding tert-OH is 1. The molecule has 0 saturated carbocycles. The Morgan fingerprint density at radius 2 is 1.78 bits per heavy atom. The number of ether oxygens (including phenoxy) is 3. The van der Waals surface area contributed by atoms with Crippen LogP contribution in [0, 0.1) is 0 Å². The van der Waals surface area contributed by atoms with Crippen molar-refractivity contribution in [3.8, 4) is 0 Å². The van der Waals surface area contributed by atoms with Gasteiger partial charge >= 0.3 is 0 Å². The average Bonchev–Trinajstić information content (AvgIpc) is 1.89. The van der Waals surface area contributed by atoms with Crippen LogP contribution in [0.15, 0.2) is 0 Å². The van der Waals surface area contributed by atoms with Gasteiger partial charge in [0.05, 0.1) is 0 Å². The molecule has 0 aromatic carbocycles. The van der Waals surface area contributed by atoms with E-state index < -0.39 is 0 Å². The Bertz CT molecular complexity index is 42.2. The first-order chi connectivity index (χ1) is 4.41. The molecule has 0 atom stereocenters. The molecule has 0 aliphatic rings. The van der Waals surface area contributed by atoms with E-state index in [1.54, 1.807) is 0 Å². The molecule has 0 aliphatic heterocycles. The van der Waals surface area contributed by atoms with Crippen LogP contribution in [-0.4, -0.2) is 32.1 Å². The zero-order valence-electron chi connectivity index (χ0n) is 5.50. The summed E-state index contributed by atoms with van der Waals surface area (Å²) in [5.41, 5.74) is 0. The maximum Gasteiger partial charge on any atom is 0.152 e. The highest BCUT2D eigenvalue weighted by Crippen LogP contribution is 1.77. The highest BCUT2D eigenvalue weighted by molar-refractivity contribution is 4.05. The molecule has 0 aromatic heterocycles. The molecule has 9 heavy (non-hydrogen) atoms. The summed E-state index contributed by atoms with van der Waals surface area (Å²) in [6.07, 6.45) is 0. The molecule has 1 N–H and O–H groups in total. The van der Waals surface area contributed by atoms with Crippen LogP contribution in [0.2, 0.25) is 0 Å². The highest BCUT2D eigenvalue weighted by atomic mass is 16.8. The molecular formula is C5H12O4. The summed E-state index contributed by atoms with van der Waals surface area (Å²) in [4.78, 5) is 0. The zero-order chi connectivity index (χ0) is 6.95. The van der Waals surface area contributed by atoms with Gasteiger partial charge in [-0.15, -0.1) is 0 Å². The van der Waals surface area contributed by atoms with Gasteiger partial charge in [0.15, 0.2) is 6.79 Å². The van der Waals surface area contributed by atoms with E-state index in [0.29, 0.717) is 6.61 Å². The summed E-state index contributed by atoms with van der Waals surface area (Å²) in [6.45, 7) is 2.48. The predicted octanol–water partition coefficient (Wildman–Crippen LogP) is -0.0791. The standard InChI is InChI=1S/C5H12O4/c1-2-7-4-9-5-8-3-6/h6H,2-5H2,1H3. The van der Waals surface area contributed by atoms with Gasteiger partial charge in [-0.05, 0) is 6.92 Å². The third kappa shape index (κ3) is 7.84. The van der Waals surface area contributed by atoms with Crippen LogP contribution in [0.5, 0.6) is 0 Å². The molecule has 0 aromatic rings. The lowest BCUT2D eigenvalue weighted by Crippen LogP contribution is -2.04. The minimum Gasteiger partial charge on any atom is -0.371 e. The third-order valence-electron chi connectivity index (χ3n) is 0.629. The van der Waals surface area contributed by atoms with E-state index in [2.05, 4.69) is 4.74 Å². The maximum atomic E-state index is 8.08. The molecule has 4 heteroatoms. The Morgan fingerprint density at radius 3 is 2.33 bits per heavy atom. The zero-order valence-corrected chi connectivity index (χ0v) is 5.50. The van der Waals surface area contributed by atoms with Crippen LogP contribution >= 0.6 is 0 Å². The Morgan fingerprint density at radius 1 is 1.11 bits per heavy atom. The van der Waals surface area contributed by atoms with Gasteiger partial charge in [0, 0.05) is 6.61 Å². The number of hydrogen-bond acceptors (Lipinski definition) is 4. The summed E-state index contributed by atoms with van der Waals surface area (Å²) in [5, 5.41) is 8.08. The van der Waals surface area contributed by atoms with Gasteiger partial charge in [0.2, 0.25) is 0 Å². The second-order valence-electron chi connectivity index (χ2n) is 1.27. The minimum atomic E-state index is -0.313. The molecule has 0 rings (SSSR count). The predicted molar refractivity (Wildman–Crippen MR) is 30.6 cm³/mol. The molecule has 0 bridgehead atoms. The largest absolute Gasteiger partial charge is 0.371 e. The monoisotopic (exact) mass is 136 g/mol. The van der Waals surface area contributed by atoms with E-state index >= 15 is 0 Å². The molecule has 56 valence electrons. The van der Waals surface area contributed by atoms with Crippen LogP contribution in [0.4, 0.5) is 0 Å². The van der Waals surface area contributed by atoms with Gasteiger partial charge in [-0.2, -0.15) is 0 Å². The van der Waals surface area contributed by atoms with Crippen molar-refractivity contribution < 1.29 is 19.3 Å². The van der Waals surface area contributed by atoms with Crippen molar-refractivity contribution in [1.82, 2.24) is 0 Å². The van der Waals surface area contributed by atoms with E-state index in [9.17, 15) is 0 Å². The molecular weight excluding hydrogens is 124 g/mol. The Hall–Kier alpha value is -0.160. The van der Waals surface area contributed by atoms with Crippen LogP contribution in [-0.2, 0) is 14.2 Å². The summed E-state index contributed by atoms with van der Waals surface area (Å²) in [6, 6.07) is 0. The molecule has 0 fully saturated rings. The summed E-state index contributed by atoms with van der Waals surface area (Å²) < 4.78 is 13.9. The minimum absolute atomic E-state index is 0.0799. The fourth-order valence-electron chi connectivity index (χ4n) is 0.272. The molecule has 0 heterocycles. The number of hydrogen-bond donors (Lipinski definition) is 1. The highest BCUT2D eigenvalue weighted by Gasteiger charge is 1.83. The van der Waals surface area contributed by atoms with Crippen molar-refractivity contribution in [2.75, 3.05) is 27.0 Å². The summed E-state index contributed by atoms with van der Waals surface area (Å²) in [7, 11) is 0. The molecule has 0 spiro atoms. The van der Waals surface area contributed by atoms with Gasteiger partial charge in [0.1, 0.15) is 13.6 Å². The first-order valence-electron chi connectivity index (χ1n) is 2.76. The molecule has 0 aliphatic carbocycles. The Balaban J connectivity index is 2.60. The first-order valence-corrected chi connectivity index (χ1v) is 2.76. The van der Waals surface area contributed by atoms with Gasteiger partial charge in [-0.3, -0.25) is 0 Å². The quantitative estimate of drug-likeness (QED) is 0.410. The third-order valence-corrected chi connectivity index (χ3v) is 0.629. The second kappa shape index (κ2) is 7.84. The van der Waals surface area contributed by atoms with E-state index in [1.807, 2.05) is 6.92 Å². The van der Waals surface area contributed by atoms with Gasteiger partial charge in [-0.1, -0.05) is 0 Å². The Kier molecular flexibility index (Phi) is 7.70. The topological polar surface area (TPSA) is 47.9 Å². The summed E-state index contributed by atoms with van der Waals surface area (Å²) >= 11 is 0. The van der Waals surface area contributed by atoms with Crippen LogP contribution < -0.4 is 0 Å². The van der Waals surface area contributed by atoms with Crippen molar-refractivity contribution >= 4 is 0 Å². The molecule has 0 radical (unpaired) electrons. The Labute approximate surface area is 54.3 Å². The smallest absolute Gasteiger partial charge is 0.152 e. The van der Waals surface area contributed by atoms with E-state index in [0.717, 1.165) is 0 Å². The van der Waals surface area contributed by atoms with Crippen molar-refractivity contribution in [3.63, 3.8) is 0 Å². The lowest BCUT2D eigenvalue weighted by atomic mass is 10.9. The maximum absolute atomic E-state index is 8.08. The van der Waals surface area contributed by atoms with Crippen molar-refractivity contribution in [1.29, 1.82) is 0 Å². The fraction of sp³-hybridized carbons (Fsp3) is 1.00. The lowest BCUT2D eigenvalue weighted by Gasteiger charge is -2.01. The molecule has 0 amide bonds. The van der Waals surface area contributed by atoms with Gasteiger partial charge in [0.25, 0.3) is 0 Å². The van der Waals surface area contributed by atoms with Gasteiger partial charge in [-0.25, -0.2) is 0 Å². The van der Waals surface area contributed by atoms with Gasteiger partial charge < -0.3 is 19.3 Å². The molecule has 4 nitrogen and oxygen atoms in total. The van der Waals surface area contributed by atoms with E-state index in [-0.39, 0.29) is 20.4 Å². The SMILES string of the molecule is CCOCOCOCO. The molecule has 0 unspecified atom stereocenters. The second-order valence-corrected chi connectivity index (χ2v) is 1.27. The first kappa shape index (κ1) is 8.84. The van der Waals surface area contributed by atoms with Crippen LogP contribution in [0.3, 0.4) is 0 Å². The van der Waals surface area contributed by atoms with E-state index in [4.69, 9.17) is 14.6 Å². The van der Waals surface area contributed by atoms with Crippen LogP contribution in [0.25, 0.3) is 0 Å². The summed E-state index contributed by atoms with van der Waals surface area (Å²) in [5.74, 6) is 0. The number of aliphatic hydroxyl groups is 1. The van der Waals surface area contributed by atoms with Crippen molar-refractivity contribution in [2.45, 2.75) is 6.92 Å². The van der Waals surface area contributed by atoms with Crippen molar-refractivity contribution in [3.05, 3.63) is 0 Å². The van der Waals surface area contributed by atoms with Crippen molar-refractivity contribution in [2.24, 2.45) is 0 Å². The number of rotatable bonds is 6. The normalized spacial score (nSPS) is 10.0.